The summed E-state index contributed by atoms with van der Waals surface area (Å²) in [5.41, 5.74) is 4.35. The zero-order chi connectivity index (χ0) is 21.8. The maximum atomic E-state index is 12.6. The number of nitrogens with one attached hydrogen (secondary N) is 1. The van der Waals surface area contributed by atoms with Crippen LogP contribution in [0.1, 0.15) is 24.0 Å². The quantitative estimate of drug-likeness (QED) is 0.609. The van der Waals surface area contributed by atoms with Crippen LogP contribution < -0.4 is 5.32 Å². The lowest BCUT2D eigenvalue weighted by Crippen LogP contribution is -2.40. The second-order valence-corrected chi connectivity index (χ2v) is 10.7. The van der Waals surface area contributed by atoms with Crippen LogP contribution in [0.15, 0.2) is 60.0 Å². The van der Waals surface area contributed by atoms with E-state index in [9.17, 15) is 13.2 Å². The summed E-state index contributed by atoms with van der Waals surface area (Å²) in [4.78, 5) is 17.1. The van der Waals surface area contributed by atoms with Crippen LogP contribution >= 0.6 is 11.3 Å². The molecule has 1 fully saturated rings. The second kappa shape index (κ2) is 9.30. The lowest BCUT2D eigenvalue weighted by molar-refractivity contribution is -0.120. The monoisotopic (exact) mass is 455 g/mol. The van der Waals surface area contributed by atoms with Gasteiger partial charge < -0.3 is 5.32 Å². The third-order valence-electron chi connectivity index (χ3n) is 5.53. The zero-order valence-electron chi connectivity index (χ0n) is 17.3. The van der Waals surface area contributed by atoms with E-state index in [1.54, 1.807) is 0 Å². The van der Waals surface area contributed by atoms with Gasteiger partial charge in [0.05, 0.1) is 11.9 Å². The maximum absolute atomic E-state index is 12.6. The number of rotatable bonds is 6. The smallest absolute Gasteiger partial charge is 0.229 e. The van der Waals surface area contributed by atoms with E-state index in [1.807, 2.05) is 23.6 Å². The first kappa shape index (κ1) is 21.7. The Hall–Kier alpha value is -2.55. The molecule has 1 aliphatic rings. The number of thiazole rings is 1. The van der Waals surface area contributed by atoms with Crippen LogP contribution in [0.3, 0.4) is 0 Å². The van der Waals surface area contributed by atoms with Gasteiger partial charge >= 0.3 is 0 Å². The fraction of sp³-hybridized carbons (Fsp3) is 0.304. The first-order chi connectivity index (χ1) is 14.9. The van der Waals surface area contributed by atoms with Crippen LogP contribution in [0, 0.1) is 5.92 Å². The SMILES string of the molecule is CS(=O)(=O)N1CCC(C(=O)Nc2nc(-c3ccc(Cc4ccccc4)cc3)cs2)CC1. The Kier molecular flexibility index (Phi) is 6.50. The average Bonchev–Trinajstić information content (AvgIpc) is 3.23. The molecular weight excluding hydrogens is 430 g/mol. The standard InChI is InChI=1S/C23H25N3O3S2/c1-31(28,29)26-13-11-20(12-14-26)22(27)25-23-24-21(16-30-23)19-9-7-18(8-10-19)15-17-5-3-2-4-6-17/h2-10,16,20H,11-15H2,1H3,(H,24,25,27). The van der Waals surface area contributed by atoms with Gasteiger partial charge in [0.15, 0.2) is 5.13 Å². The summed E-state index contributed by atoms with van der Waals surface area (Å²) in [7, 11) is -3.19. The Morgan fingerprint density at radius 1 is 1.06 bits per heavy atom. The first-order valence-corrected chi connectivity index (χ1v) is 13.0. The van der Waals surface area contributed by atoms with Crippen molar-refractivity contribution in [3.63, 3.8) is 0 Å². The van der Waals surface area contributed by atoms with E-state index in [0.717, 1.165) is 17.7 Å². The molecule has 0 bridgehead atoms. The van der Waals surface area contributed by atoms with Gasteiger partial charge in [0.2, 0.25) is 15.9 Å². The van der Waals surface area contributed by atoms with E-state index in [4.69, 9.17) is 0 Å². The highest BCUT2D eigenvalue weighted by Gasteiger charge is 2.29. The van der Waals surface area contributed by atoms with Crippen molar-refractivity contribution in [2.45, 2.75) is 19.3 Å². The molecule has 1 amide bonds. The van der Waals surface area contributed by atoms with Crippen LogP contribution in [-0.2, 0) is 21.2 Å². The van der Waals surface area contributed by atoms with Crippen molar-refractivity contribution in [1.29, 1.82) is 0 Å². The fourth-order valence-corrected chi connectivity index (χ4v) is 5.34. The largest absolute Gasteiger partial charge is 0.302 e. The zero-order valence-corrected chi connectivity index (χ0v) is 19.0. The molecule has 31 heavy (non-hydrogen) atoms. The van der Waals surface area contributed by atoms with E-state index in [2.05, 4.69) is 46.7 Å². The minimum absolute atomic E-state index is 0.0905. The lowest BCUT2D eigenvalue weighted by atomic mass is 9.97. The highest BCUT2D eigenvalue weighted by Crippen LogP contribution is 2.27. The molecule has 8 heteroatoms. The highest BCUT2D eigenvalue weighted by atomic mass is 32.2. The predicted molar refractivity (Wildman–Crippen MR) is 125 cm³/mol. The van der Waals surface area contributed by atoms with Crippen molar-refractivity contribution in [1.82, 2.24) is 9.29 Å². The topological polar surface area (TPSA) is 79.4 Å². The molecule has 1 saturated heterocycles. The van der Waals surface area contributed by atoms with Crippen molar-refractivity contribution in [2.24, 2.45) is 5.92 Å². The van der Waals surface area contributed by atoms with Crippen molar-refractivity contribution in [2.75, 3.05) is 24.7 Å². The summed E-state index contributed by atoms with van der Waals surface area (Å²) < 4.78 is 24.7. The van der Waals surface area contributed by atoms with Crippen LogP contribution in [0.25, 0.3) is 11.3 Å². The highest BCUT2D eigenvalue weighted by molar-refractivity contribution is 7.88. The van der Waals surface area contributed by atoms with E-state index in [1.165, 1.54) is 33.0 Å². The van der Waals surface area contributed by atoms with Gasteiger partial charge in [-0.2, -0.15) is 0 Å². The van der Waals surface area contributed by atoms with Gasteiger partial charge in [-0.3, -0.25) is 4.79 Å². The summed E-state index contributed by atoms with van der Waals surface area (Å²) in [6.45, 7) is 0.769. The number of anilines is 1. The van der Waals surface area contributed by atoms with Gasteiger partial charge in [-0.25, -0.2) is 17.7 Å². The molecule has 0 aliphatic carbocycles. The number of hydrogen-bond acceptors (Lipinski definition) is 5. The Labute approximate surface area is 187 Å². The Morgan fingerprint density at radius 3 is 2.35 bits per heavy atom. The molecular formula is C23H25N3O3S2. The van der Waals surface area contributed by atoms with Gasteiger partial charge in [0, 0.05) is 30.0 Å². The molecule has 0 radical (unpaired) electrons. The Morgan fingerprint density at radius 2 is 1.71 bits per heavy atom. The van der Waals surface area contributed by atoms with Gasteiger partial charge in [-0.1, -0.05) is 54.6 Å². The van der Waals surface area contributed by atoms with Crippen LogP contribution in [0.5, 0.6) is 0 Å². The number of amides is 1. The number of hydrogen-bond donors (Lipinski definition) is 1. The normalized spacial score (nSPS) is 15.6. The third-order valence-corrected chi connectivity index (χ3v) is 7.59. The van der Waals surface area contributed by atoms with Gasteiger partial charge in [-0.15, -0.1) is 11.3 Å². The third kappa shape index (κ3) is 5.58. The molecule has 1 aromatic heterocycles. The predicted octanol–water partition coefficient (Wildman–Crippen LogP) is 4.01. The Balaban J connectivity index is 1.34. The first-order valence-electron chi connectivity index (χ1n) is 10.2. The van der Waals surface area contributed by atoms with Gasteiger partial charge in [0.1, 0.15) is 0 Å². The molecule has 0 unspecified atom stereocenters. The van der Waals surface area contributed by atoms with Crippen molar-refractivity contribution in [3.8, 4) is 11.3 Å². The molecule has 4 rings (SSSR count). The summed E-state index contributed by atoms with van der Waals surface area (Å²) >= 11 is 1.40. The molecule has 0 atom stereocenters. The molecule has 1 N–H and O–H groups in total. The minimum Gasteiger partial charge on any atom is -0.302 e. The minimum atomic E-state index is -3.19. The van der Waals surface area contributed by atoms with Crippen LogP contribution in [0.4, 0.5) is 5.13 Å². The van der Waals surface area contributed by atoms with Gasteiger partial charge in [-0.05, 0) is 30.4 Å². The van der Waals surface area contributed by atoms with Crippen LogP contribution in [0.2, 0.25) is 0 Å². The summed E-state index contributed by atoms with van der Waals surface area (Å²) in [5.74, 6) is -0.283. The van der Waals surface area contributed by atoms with Crippen LogP contribution in [-0.4, -0.2) is 43.0 Å². The molecule has 0 saturated carbocycles. The fourth-order valence-electron chi connectivity index (χ4n) is 3.75. The molecule has 3 aromatic rings. The van der Waals surface area contributed by atoms with Gasteiger partial charge in [0.25, 0.3) is 0 Å². The molecule has 2 aromatic carbocycles. The van der Waals surface area contributed by atoms with Crippen molar-refractivity contribution < 1.29 is 13.2 Å². The number of sulfonamides is 1. The number of carbonyl (C=O) groups is 1. The van der Waals surface area contributed by atoms with E-state index >= 15 is 0 Å². The van der Waals surface area contributed by atoms with Crippen molar-refractivity contribution >= 4 is 32.4 Å². The number of aromatic nitrogens is 1. The molecule has 6 nitrogen and oxygen atoms in total. The number of piperidine rings is 1. The second-order valence-electron chi connectivity index (χ2n) is 7.82. The molecule has 162 valence electrons. The number of benzene rings is 2. The maximum Gasteiger partial charge on any atom is 0.229 e. The van der Waals surface area contributed by atoms with E-state index in [-0.39, 0.29) is 11.8 Å². The lowest BCUT2D eigenvalue weighted by Gasteiger charge is -2.29. The molecule has 2 heterocycles. The average molecular weight is 456 g/mol. The summed E-state index contributed by atoms with van der Waals surface area (Å²) in [6.07, 6.45) is 3.15. The molecule has 1 aliphatic heterocycles. The number of carbonyl (C=O) groups excluding carboxylic acids is 1. The Bertz CT molecular complexity index is 1130. The summed E-state index contributed by atoms with van der Waals surface area (Å²) in [6, 6.07) is 18.7. The van der Waals surface area contributed by atoms with E-state index in [0.29, 0.717) is 31.1 Å². The van der Waals surface area contributed by atoms with E-state index < -0.39 is 10.0 Å². The number of nitrogens with zero attached hydrogens (tertiary/aromatic N) is 2. The molecule has 0 spiro atoms. The van der Waals surface area contributed by atoms with Crippen molar-refractivity contribution in [3.05, 3.63) is 71.1 Å². The summed E-state index contributed by atoms with van der Waals surface area (Å²) in [5, 5.41) is 5.41.